The quantitative estimate of drug-likeness (QED) is 0.0421. The molecule has 0 aliphatic carbocycles. The Bertz CT molecular complexity index is 1190. The van der Waals surface area contributed by atoms with Gasteiger partial charge in [0, 0.05) is 6.42 Å². The Hall–Kier alpha value is -2.69. The number of amides is 1. The van der Waals surface area contributed by atoms with Crippen LogP contribution in [0.1, 0.15) is 258 Å². The molecule has 0 aromatic rings. The zero-order valence-electron chi connectivity index (χ0n) is 42.3. The van der Waals surface area contributed by atoms with Crippen LogP contribution in [0.4, 0.5) is 0 Å². The largest absolute Gasteiger partial charge is 0.394 e. The average molecular weight is 889 g/mol. The predicted octanol–water partition coefficient (Wildman–Crippen LogP) is 18.1. The van der Waals surface area contributed by atoms with Gasteiger partial charge in [-0.2, -0.15) is 0 Å². The molecule has 0 rings (SSSR count). The number of allylic oxidation sites excluding steroid dienone is 16. The maximum absolute atomic E-state index is 12.5. The highest BCUT2D eigenvalue weighted by molar-refractivity contribution is 5.76. The molecule has 0 saturated heterocycles. The number of aliphatic hydroxyl groups excluding tert-OH is 2. The van der Waals surface area contributed by atoms with E-state index in [0.29, 0.717) is 12.8 Å². The monoisotopic (exact) mass is 888 g/mol. The highest BCUT2D eigenvalue weighted by atomic mass is 16.3. The number of rotatable bonds is 49. The summed E-state index contributed by atoms with van der Waals surface area (Å²) in [5.74, 6) is -0.0420. The number of hydrogen-bond acceptors (Lipinski definition) is 3. The van der Waals surface area contributed by atoms with Crippen LogP contribution in [0.25, 0.3) is 0 Å². The van der Waals surface area contributed by atoms with Crippen molar-refractivity contribution in [3.05, 3.63) is 97.2 Å². The van der Waals surface area contributed by atoms with Crippen molar-refractivity contribution in [2.24, 2.45) is 0 Å². The Morgan fingerprint density at radius 1 is 0.391 bits per heavy atom. The van der Waals surface area contributed by atoms with Crippen LogP contribution in [0.5, 0.6) is 0 Å². The maximum atomic E-state index is 12.5. The molecule has 0 bridgehead atoms. The molecule has 0 fully saturated rings. The summed E-state index contributed by atoms with van der Waals surface area (Å²) >= 11 is 0. The first-order valence-electron chi connectivity index (χ1n) is 27.4. The number of unbranched alkanes of at least 4 members (excludes halogenated alkanes) is 26. The van der Waals surface area contributed by atoms with Crippen molar-refractivity contribution in [1.29, 1.82) is 0 Å². The van der Waals surface area contributed by atoms with Crippen LogP contribution >= 0.6 is 0 Å². The van der Waals surface area contributed by atoms with E-state index in [4.69, 9.17) is 0 Å². The highest BCUT2D eigenvalue weighted by Crippen LogP contribution is 2.16. The summed E-state index contributed by atoms with van der Waals surface area (Å²) in [7, 11) is 0. The van der Waals surface area contributed by atoms with Crippen molar-refractivity contribution in [3.63, 3.8) is 0 Å². The smallest absolute Gasteiger partial charge is 0.220 e. The van der Waals surface area contributed by atoms with E-state index in [1.807, 2.05) is 0 Å². The second-order valence-corrected chi connectivity index (χ2v) is 18.3. The van der Waals surface area contributed by atoms with Crippen LogP contribution in [0.3, 0.4) is 0 Å². The fourth-order valence-corrected chi connectivity index (χ4v) is 7.97. The molecule has 368 valence electrons. The molecular formula is C60H105NO3. The molecule has 0 heterocycles. The zero-order valence-corrected chi connectivity index (χ0v) is 42.3. The second-order valence-electron chi connectivity index (χ2n) is 18.3. The minimum absolute atomic E-state index is 0.0420. The fraction of sp³-hybridized carbons (Fsp3) is 0.717. The molecule has 0 saturated carbocycles. The molecule has 0 aliphatic rings. The first-order valence-corrected chi connectivity index (χ1v) is 27.4. The van der Waals surface area contributed by atoms with Crippen LogP contribution < -0.4 is 5.32 Å². The summed E-state index contributed by atoms with van der Waals surface area (Å²) in [4.78, 5) is 12.5. The molecule has 64 heavy (non-hydrogen) atoms. The van der Waals surface area contributed by atoms with Crippen LogP contribution in [-0.2, 0) is 4.79 Å². The van der Waals surface area contributed by atoms with Crippen molar-refractivity contribution in [2.75, 3.05) is 6.61 Å². The van der Waals surface area contributed by atoms with Gasteiger partial charge in [0.2, 0.25) is 5.91 Å². The van der Waals surface area contributed by atoms with Gasteiger partial charge < -0.3 is 15.5 Å². The van der Waals surface area contributed by atoms with Gasteiger partial charge in [-0.15, -0.1) is 0 Å². The average Bonchev–Trinajstić information content (AvgIpc) is 3.30. The number of aliphatic hydroxyl groups is 2. The third-order valence-electron chi connectivity index (χ3n) is 12.1. The molecule has 2 unspecified atom stereocenters. The minimum Gasteiger partial charge on any atom is -0.394 e. The highest BCUT2D eigenvalue weighted by Gasteiger charge is 2.20. The van der Waals surface area contributed by atoms with Crippen LogP contribution in [0.15, 0.2) is 97.2 Å². The molecule has 4 heteroatoms. The molecule has 0 spiro atoms. The summed E-state index contributed by atoms with van der Waals surface area (Å²) in [6.07, 6.45) is 80.9. The Kier molecular flexibility index (Phi) is 52.3. The van der Waals surface area contributed by atoms with E-state index in [-0.39, 0.29) is 12.5 Å². The van der Waals surface area contributed by atoms with Gasteiger partial charge in [-0.3, -0.25) is 4.79 Å². The second kappa shape index (κ2) is 54.6. The topological polar surface area (TPSA) is 69.6 Å². The normalized spacial score (nSPS) is 13.6. The SMILES string of the molecule is CC/C=C\C/C=C\C/C=C\C/C=C\C/C=C\C/C=C\C/C=C\C/C=C\CCCCCCCCCCC(=O)NC(CO)C(O)CCCCCCCCCCCCCCCCCCCCC. The molecule has 0 radical (unpaired) electrons. The van der Waals surface area contributed by atoms with Gasteiger partial charge in [0.15, 0.2) is 0 Å². The maximum Gasteiger partial charge on any atom is 0.220 e. The van der Waals surface area contributed by atoms with E-state index in [1.54, 1.807) is 0 Å². The molecular weight excluding hydrogens is 783 g/mol. The number of carbonyl (C=O) groups is 1. The van der Waals surface area contributed by atoms with Crippen molar-refractivity contribution < 1.29 is 15.0 Å². The van der Waals surface area contributed by atoms with Crippen molar-refractivity contribution >= 4 is 5.91 Å². The number of carbonyl (C=O) groups excluding carboxylic acids is 1. The Labute approximate surface area is 398 Å². The summed E-state index contributed by atoms with van der Waals surface area (Å²) in [5, 5.41) is 23.3. The third kappa shape index (κ3) is 50.3. The summed E-state index contributed by atoms with van der Waals surface area (Å²) in [5.41, 5.74) is 0. The lowest BCUT2D eigenvalue weighted by molar-refractivity contribution is -0.123. The molecule has 1 amide bonds. The van der Waals surface area contributed by atoms with Crippen LogP contribution in [-0.4, -0.2) is 34.9 Å². The summed E-state index contributed by atoms with van der Waals surface area (Å²) < 4.78 is 0. The Morgan fingerprint density at radius 2 is 0.688 bits per heavy atom. The van der Waals surface area contributed by atoms with Gasteiger partial charge in [0.05, 0.1) is 18.8 Å². The van der Waals surface area contributed by atoms with Crippen LogP contribution in [0.2, 0.25) is 0 Å². The van der Waals surface area contributed by atoms with Crippen molar-refractivity contribution in [2.45, 2.75) is 270 Å². The van der Waals surface area contributed by atoms with E-state index in [9.17, 15) is 15.0 Å². The predicted molar refractivity (Wildman–Crippen MR) is 285 cm³/mol. The van der Waals surface area contributed by atoms with E-state index >= 15 is 0 Å². The van der Waals surface area contributed by atoms with E-state index in [1.165, 1.54) is 154 Å². The van der Waals surface area contributed by atoms with Gasteiger partial charge in [-0.05, 0) is 77.0 Å². The molecule has 2 atom stereocenters. The van der Waals surface area contributed by atoms with Gasteiger partial charge >= 0.3 is 0 Å². The van der Waals surface area contributed by atoms with E-state index < -0.39 is 12.1 Å². The van der Waals surface area contributed by atoms with Gasteiger partial charge in [0.25, 0.3) is 0 Å². The minimum atomic E-state index is -0.670. The fourth-order valence-electron chi connectivity index (χ4n) is 7.97. The molecule has 0 aliphatic heterocycles. The number of hydrogen-bond donors (Lipinski definition) is 3. The zero-order chi connectivity index (χ0) is 46.3. The van der Waals surface area contributed by atoms with E-state index in [2.05, 4.69) is 116 Å². The van der Waals surface area contributed by atoms with Gasteiger partial charge in [0.1, 0.15) is 0 Å². The van der Waals surface area contributed by atoms with Gasteiger partial charge in [-0.25, -0.2) is 0 Å². The van der Waals surface area contributed by atoms with Gasteiger partial charge in [-0.1, -0.05) is 272 Å². The Balaban J connectivity index is 3.58. The summed E-state index contributed by atoms with van der Waals surface area (Å²) in [6.45, 7) is 4.25. The Morgan fingerprint density at radius 3 is 1.03 bits per heavy atom. The van der Waals surface area contributed by atoms with Crippen molar-refractivity contribution in [3.8, 4) is 0 Å². The molecule has 4 nitrogen and oxygen atoms in total. The van der Waals surface area contributed by atoms with Crippen molar-refractivity contribution in [1.82, 2.24) is 5.32 Å². The first kappa shape index (κ1) is 61.3. The lowest BCUT2D eigenvalue weighted by atomic mass is 10.0. The molecule has 0 aromatic carbocycles. The van der Waals surface area contributed by atoms with E-state index in [0.717, 1.165) is 77.0 Å². The standard InChI is InChI=1S/C60H105NO3/c1-3-5-7-9-11-13-15-17-19-21-23-24-25-26-27-28-29-30-31-32-33-34-35-36-38-40-42-44-46-48-50-52-54-56-60(64)61-58(57-62)59(63)55-53-51-49-47-45-43-41-39-37-22-20-18-16-14-12-10-8-6-4-2/h5,7,11,13,17,19,23-24,26-27,29-30,32-33,35-36,58-59,62-63H,3-4,6,8-10,12,14-16,18,20-22,25,28,31,34,37-57H2,1-2H3,(H,61,64)/b7-5-,13-11-,19-17-,24-23-,27-26-,30-29-,33-32-,36-35-. The molecule has 0 aromatic heterocycles. The summed E-state index contributed by atoms with van der Waals surface area (Å²) in [6, 6.07) is -0.548. The lowest BCUT2D eigenvalue weighted by Crippen LogP contribution is -2.45. The number of nitrogens with one attached hydrogen (secondary N) is 1. The first-order chi connectivity index (χ1) is 31.7. The third-order valence-corrected chi connectivity index (χ3v) is 12.1. The van der Waals surface area contributed by atoms with Crippen LogP contribution in [0, 0.1) is 0 Å². The molecule has 3 N–H and O–H groups in total. The lowest BCUT2D eigenvalue weighted by Gasteiger charge is -2.22.